The van der Waals surface area contributed by atoms with Gasteiger partial charge in [-0.05, 0) is 12.1 Å². The van der Waals surface area contributed by atoms with E-state index in [2.05, 4.69) is 4.74 Å². The maximum atomic E-state index is 12.0. The van der Waals surface area contributed by atoms with Gasteiger partial charge in [-0.25, -0.2) is 4.79 Å². The molecule has 0 saturated carbocycles. The predicted octanol–water partition coefficient (Wildman–Crippen LogP) is 0.293. The number of para-hydroxylation sites is 1. The van der Waals surface area contributed by atoms with Gasteiger partial charge in [-0.3, -0.25) is 4.79 Å². The second kappa shape index (κ2) is 6.94. The van der Waals surface area contributed by atoms with Crippen molar-refractivity contribution in [2.75, 3.05) is 45.8 Å². The maximum Gasteiger partial charge on any atom is 0.340 e. The first kappa shape index (κ1) is 15.1. The summed E-state index contributed by atoms with van der Waals surface area (Å²) < 4.78 is 15.2. The lowest BCUT2D eigenvalue weighted by molar-refractivity contribution is -0.137. The number of ether oxygens (including phenoxy) is 3. The van der Waals surface area contributed by atoms with Gasteiger partial charge in [0.25, 0.3) is 5.91 Å². The van der Waals surface area contributed by atoms with Gasteiger partial charge in [-0.15, -0.1) is 0 Å². The van der Waals surface area contributed by atoms with Gasteiger partial charge in [0.1, 0.15) is 5.75 Å². The summed E-state index contributed by atoms with van der Waals surface area (Å²) in [7, 11) is 1.28. The Labute approximate surface area is 122 Å². The standard InChI is InChI=1S/C14H18N2O5/c1-19-14(18)10-3-2-4-11(13(10)15)21-9-12(17)16-5-7-20-8-6-16/h2-4H,5-9,15H2,1H3. The van der Waals surface area contributed by atoms with E-state index < -0.39 is 5.97 Å². The van der Waals surface area contributed by atoms with Crippen molar-refractivity contribution < 1.29 is 23.8 Å². The largest absolute Gasteiger partial charge is 0.482 e. The lowest BCUT2D eigenvalue weighted by atomic mass is 10.1. The lowest BCUT2D eigenvalue weighted by Gasteiger charge is -2.26. The number of hydrogen-bond donors (Lipinski definition) is 1. The van der Waals surface area contributed by atoms with E-state index in [0.29, 0.717) is 32.1 Å². The van der Waals surface area contributed by atoms with Crippen LogP contribution in [0.3, 0.4) is 0 Å². The fourth-order valence-corrected chi connectivity index (χ4v) is 2.00. The van der Waals surface area contributed by atoms with Crippen molar-refractivity contribution in [3.8, 4) is 5.75 Å². The van der Waals surface area contributed by atoms with Crippen LogP contribution in [0.4, 0.5) is 5.69 Å². The first-order valence-corrected chi connectivity index (χ1v) is 6.58. The highest BCUT2D eigenvalue weighted by Crippen LogP contribution is 2.25. The van der Waals surface area contributed by atoms with Crippen molar-refractivity contribution in [2.24, 2.45) is 0 Å². The first-order valence-electron chi connectivity index (χ1n) is 6.58. The molecule has 1 aromatic carbocycles. The minimum Gasteiger partial charge on any atom is -0.482 e. The van der Waals surface area contributed by atoms with Gasteiger partial charge < -0.3 is 24.8 Å². The highest BCUT2D eigenvalue weighted by molar-refractivity contribution is 5.96. The molecule has 114 valence electrons. The molecule has 7 heteroatoms. The van der Waals surface area contributed by atoms with Gasteiger partial charge in [0.15, 0.2) is 6.61 Å². The molecule has 1 saturated heterocycles. The average molecular weight is 294 g/mol. The second-order valence-corrected chi connectivity index (χ2v) is 4.49. The minimum atomic E-state index is -0.544. The molecule has 1 amide bonds. The molecule has 2 rings (SSSR count). The zero-order valence-corrected chi connectivity index (χ0v) is 11.8. The monoisotopic (exact) mass is 294 g/mol. The summed E-state index contributed by atoms with van der Waals surface area (Å²) in [6.07, 6.45) is 0. The molecule has 21 heavy (non-hydrogen) atoms. The lowest BCUT2D eigenvalue weighted by Crippen LogP contribution is -2.43. The average Bonchev–Trinajstić information content (AvgIpc) is 2.53. The van der Waals surface area contributed by atoms with Crippen molar-refractivity contribution >= 4 is 17.6 Å². The Bertz CT molecular complexity index is 526. The highest BCUT2D eigenvalue weighted by atomic mass is 16.5. The number of morpholine rings is 1. The van der Waals surface area contributed by atoms with E-state index in [0.717, 1.165) is 0 Å². The quantitative estimate of drug-likeness (QED) is 0.634. The van der Waals surface area contributed by atoms with Crippen LogP contribution in [0.25, 0.3) is 0 Å². The molecule has 0 aromatic heterocycles. The number of benzene rings is 1. The third-order valence-corrected chi connectivity index (χ3v) is 3.19. The third kappa shape index (κ3) is 3.63. The molecule has 0 aliphatic carbocycles. The molecular formula is C14H18N2O5. The number of amides is 1. The Kier molecular flexibility index (Phi) is 4.99. The summed E-state index contributed by atoms with van der Waals surface area (Å²) in [4.78, 5) is 25.2. The fraction of sp³-hybridized carbons (Fsp3) is 0.429. The number of nitrogens with two attached hydrogens (primary N) is 1. The zero-order valence-electron chi connectivity index (χ0n) is 11.8. The number of anilines is 1. The normalized spacial score (nSPS) is 14.6. The van der Waals surface area contributed by atoms with E-state index in [1.165, 1.54) is 13.2 Å². The van der Waals surface area contributed by atoms with Crippen molar-refractivity contribution in [1.29, 1.82) is 0 Å². The van der Waals surface area contributed by atoms with E-state index in [-0.39, 0.29) is 23.8 Å². The van der Waals surface area contributed by atoms with Gasteiger partial charge >= 0.3 is 5.97 Å². The van der Waals surface area contributed by atoms with Gasteiger partial charge in [-0.2, -0.15) is 0 Å². The smallest absolute Gasteiger partial charge is 0.340 e. The highest BCUT2D eigenvalue weighted by Gasteiger charge is 2.19. The SMILES string of the molecule is COC(=O)c1cccc(OCC(=O)N2CCOCC2)c1N. The van der Waals surface area contributed by atoms with Crippen LogP contribution in [0.5, 0.6) is 5.75 Å². The molecule has 0 bridgehead atoms. The molecule has 1 aromatic rings. The van der Waals surface area contributed by atoms with Crippen molar-refractivity contribution in [3.05, 3.63) is 23.8 Å². The molecule has 0 radical (unpaired) electrons. The van der Waals surface area contributed by atoms with E-state index in [1.54, 1.807) is 17.0 Å². The molecule has 1 aliphatic rings. The Morgan fingerprint density at radius 1 is 1.33 bits per heavy atom. The Morgan fingerprint density at radius 3 is 2.71 bits per heavy atom. The molecule has 0 atom stereocenters. The molecular weight excluding hydrogens is 276 g/mol. The van der Waals surface area contributed by atoms with Gasteiger partial charge in [-0.1, -0.05) is 6.07 Å². The molecule has 0 spiro atoms. The van der Waals surface area contributed by atoms with Gasteiger partial charge in [0.05, 0.1) is 31.6 Å². The molecule has 1 aliphatic heterocycles. The Morgan fingerprint density at radius 2 is 2.05 bits per heavy atom. The van der Waals surface area contributed by atoms with Crippen molar-refractivity contribution in [3.63, 3.8) is 0 Å². The molecule has 1 heterocycles. The van der Waals surface area contributed by atoms with E-state index in [1.807, 2.05) is 0 Å². The van der Waals surface area contributed by atoms with Crippen LogP contribution in [-0.2, 0) is 14.3 Å². The maximum absolute atomic E-state index is 12.0. The summed E-state index contributed by atoms with van der Waals surface area (Å²) in [5.74, 6) is -0.391. The second-order valence-electron chi connectivity index (χ2n) is 4.49. The molecule has 0 unspecified atom stereocenters. The van der Waals surface area contributed by atoms with E-state index in [4.69, 9.17) is 15.2 Å². The molecule has 2 N–H and O–H groups in total. The number of carbonyl (C=O) groups excluding carboxylic acids is 2. The van der Waals surface area contributed by atoms with Crippen molar-refractivity contribution in [1.82, 2.24) is 4.90 Å². The number of carbonyl (C=O) groups is 2. The zero-order chi connectivity index (χ0) is 15.2. The van der Waals surface area contributed by atoms with Crippen LogP contribution >= 0.6 is 0 Å². The first-order chi connectivity index (χ1) is 10.1. The minimum absolute atomic E-state index is 0.130. The Balaban J connectivity index is 1.99. The van der Waals surface area contributed by atoms with Crippen LogP contribution in [-0.4, -0.2) is 56.8 Å². The van der Waals surface area contributed by atoms with Gasteiger partial charge in [0.2, 0.25) is 0 Å². The summed E-state index contributed by atoms with van der Waals surface area (Å²) in [6, 6.07) is 4.77. The number of hydrogen-bond acceptors (Lipinski definition) is 6. The fourth-order valence-electron chi connectivity index (χ4n) is 2.00. The van der Waals surface area contributed by atoms with E-state index in [9.17, 15) is 9.59 Å². The molecule has 1 fully saturated rings. The van der Waals surface area contributed by atoms with E-state index >= 15 is 0 Å². The van der Waals surface area contributed by atoms with Gasteiger partial charge in [0, 0.05) is 13.1 Å². The summed E-state index contributed by atoms with van der Waals surface area (Å²) in [6.45, 7) is 2.05. The van der Waals surface area contributed by atoms with Crippen LogP contribution in [0.1, 0.15) is 10.4 Å². The predicted molar refractivity (Wildman–Crippen MR) is 75.1 cm³/mol. The number of rotatable bonds is 4. The number of nitrogen functional groups attached to an aromatic ring is 1. The molecule has 7 nitrogen and oxygen atoms in total. The van der Waals surface area contributed by atoms with Crippen LogP contribution < -0.4 is 10.5 Å². The number of methoxy groups -OCH3 is 1. The van der Waals surface area contributed by atoms with Crippen LogP contribution in [0.2, 0.25) is 0 Å². The van der Waals surface area contributed by atoms with Crippen LogP contribution in [0, 0.1) is 0 Å². The number of nitrogens with zero attached hydrogens (tertiary/aromatic N) is 1. The third-order valence-electron chi connectivity index (χ3n) is 3.19. The topological polar surface area (TPSA) is 91.1 Å². The summed E-state index contributed by atoms with van der Waals surface area (Å²) in [5, 5.41) is 0. The number of esters is 1. The summed E-state index contributed by atoms with van der Waals surface area (Å²) >= 11 is 0. The van der Waals surface area contributed by atoms with Crippen LogP contribution in [0.15, 0.2) is 18.2 Å². The van der Waals surface area contributed by atoms with Crippen molar-refractivity contribution in [2.45, 2.75) is 0 Å². The summed E-state index contributed by atoms with van der Waals surface area (Å²) in [5.41, 5.74) is 6.24. The Hall–Kier alpha value is -2.28.